The molecule has 1 atom stereocenters. The fourth-order valence-electron chi connectivity index (χ4n) is 2.43. The van der Waals surface area contributed by atoms with Gasteiger partial charge in [-0.15, -0.1) is 10.2 Å². The third kappa shape index (κ3) is 2.15. The quantitative estimate of drug-likeness (QED) is 0.842. The zero-order chi connectivity index (χ0) is 12.4. The number of hydrogen-bond donors (Lipinski definition) is 2. The summed E-state index contributed by atoms with van der Waals surface area (Å²) >= 11 is 0. The van der Waals surface area contributed by atoms with Crippen LogP contribution < -0.4 is 10.6 Å². The van der Waals surface area contributed by atoms with E-state index in [1.165, 1.54) is 12.8 Å². The minimum Gasteiger partial charge on any atom is -0.367 e. The molecule has 0 bridgehead atoms. The Morgan fingerprint density at radius 1 is 1.50 bits per heavy atom. The smallest absolute Gasteiger partial charge is 0.203 e. The first-order valence-electron chi connectivity index (χ1n) is 6.48. The maximum absolute atomic E-state index is 4.33. The van der Waals surface area contributed by atoms with Gasteiger partial charge in [0.1, 0.15) is 5.82 Å². The maximum atomic E-state index is 4.33. The molecule has 1 aliphatic rings. The highest BCUT2D eigenvalue weighted by Crippen LogP contribution is 2.13. The number of aryl methyl sites for hydroxylation is 1. The van der Waals surface area contributed by atoms with Gasteiger partial charge in [-0.3, -0.25) is 4.40 Å². The van der Waals surface area contributed by atoms with Gasteiger partial charge in [-0.1, -0.05) is 0 Å². The van der Waals surface area contributed by atoms with Gasteiger partial charge in [0, 0.05) is 25.0 Å². The van der Waals surface area contributed by atoms with Crippen LogP contribution in [0.1, 0.15) is 25.1 Å². The SMILES string of the molecule is Cc1nnc2c(NCC[C@@H]3CCCN3)nccn12. The second kappa shape index (κ2) is 4.89. The molecule has 3 heterocycles. The molecule has 3 rings (SSSR count). The van der Waals surface area contributed by atoms with Gasteiger partial charge < -0.3 is 10.6 Å². The Bertz CT molecular complexity index is 528. The fraction of sp³-hybridized carbons (Fsp3) is 0.583. The highest BCUT2D eigenvalue weighted by atomic mass is 15.3. The summed E-state index contributed by atoms with van der Waals surface area (Å²) in [5.41, 5.74) is 0.800. The molecule has 0 amide bonds. The molecule has 0 saturated carbocycles. The van der Waals surface area contributed by atoms with Crippen LogP contribution in [0.2, 0.25) is 0 Å². The first-order chi connectivity index (χ1) is 8.84. The van der Waals surface area contributed by atoms with Crippen molar-refractivity contribution in [1.29, 1.82) is 0 Å². The number of hydrogen-bond acceptors (Lipinski definition) is 5. The molecule has 2 aromatic rings. The van der Waals surface area contributed by atoms with Gasteiger partial charge >= 0.3 is 0 Å². The topological polar surface area (TPSA) is 67.1 Å². The Morgan fingerprint density at radius 2 is 2.44 bits per heavy atom. The predicted octanol–water partition coefficient (Wildman–Crippen LogP) is 0.987. The molecule has 1 saturated heterocycles. The lowest BCUT2D eigenvalue weighted by atomic mass is 10.1. The van der Waals surface area contributed by atoms with Crippen molar-refractivity contribution in [2.75, 3.05) is 18.4 Å². The van der Waals surface area contributed by atoms with Crippen LogP contribution in [0.5, 0.6) is 0 Å². The number of rotatable bonds is 4. The number of nitrogens with zero attached hydrogens (tertiary/aromatic N) is 4. The third-order valence-corrected chi connectivity index (χ3v) is 3.45. The average Bonchev–Trinajstić information content (AvgIpc) is 3.01. The van der Waals surface area contributed by atoms with E-state index in [-0.39, 0.29) is 0 Å². The highest BCUT2D eigenvalue weighted by molar-refractivity contribution is 5.61. The summed E-state index contributed by atoms with van der Waals surface area (Å²) in [5, 5.41) is 15.0. The monoisotopic (exact) mass is 246 g/mol. The van der Waals surface area contributed by atoms with E-state index in [1.807, 2.05) is 17.5 Å². The van der Waals surface area contributed by atoms with E-state index in [0.717, 1.165) is 36.8 Å². The van der Waals surface area contributed by atoms with E-state index < -0.39 is 0 Å². The summed E-state index contributed by atoms with van der Waals surface area (Å²) < 4.78 is 1.95. The van der Waals surface area contributed by atoms with E-state index in [1.54, 1.807) is 6.20 Å². The van der Waals surface area contributed by atoms with Gasteiger partial charge in [-0.05, 0) is 32.7 Å². The highest BCUT2D eigenvalue weighted by Gasteiger charge is 2.13. The van der Waals surface area contributed by atoms with Crippen LogP contribution >= 0.6 is 0 Å². The van der Waals surface area contributed by atoms with Crippen molar-refractivity contribution in [1.82, 2.24) is 24.9 Å². The Morgan fingerprint density at radius 3 is 3.28 bits per heavy atom. The second-order valence-electron chi connectivity index (χ2n) is 4.73. The first kappa shape index (κ1) is 11.4. The summed E-state index contributed by atoms with van der Waals surface area (Å²) in [7, 11) is 0. The summed E-state index contributed by atoms with van der Waals surface area (Å²) in [4.78, 5) is 4.33. The largest absolute Gasteiger partial charge is 0.367 e. The summed E-state index contributed by atoms with van der Waals surface area (Å²) in [5.74, 6) is 1.70. The summed E-state index contributed by atoms with van der Waals surface area (Å²) in [6.07, 6.45) is 7.36. The number of nitrogens with one attached hydrogen (secondary N) is 2. The Hall–Kier alpha value is -1.69. The van der Waals surface area contributed by atoms with Crippen LogP contribution in [0.4, 0.5) is 5.82 Å². The lowest BCUT2D eigenvalue weighted by molar-refractivity contribution is 0.574. The lowest BCUT2D eigenvalue weighted by Gasteiger charge is -2.11. The molecule has 18 heavy (non-hydrogen) atoms. The summed E-state index contributed by atoms with van der Waals surface area (Å²) in [6, 6.07) is 0.650. The zero-order valence-electron chi connectivity index (χ0n) is 10.6. The molecule has 0 radical (unpaired) electrons. The third-order valence-electron chi connectivity index (χ3n) is 3.45. The van der Waals surface area contributed by atoms with Gasteiger partial charge in [0.2, 0.25) is 5.65 Å². The molecule has 0 aromatic carbocycles. The van der Waals surface area contributed by atoms with Crippen molar-refractivity contribution >= 4 is 11.5 Å². The van der Waals surface area contributed by atoms with Crippen LogP contribution in [0, 0.1) is 6.92 Å². The van der Waals surface area contributed by atoms with Crippen molar-refractivity contribution in [2.45, 2.75) is 32.2 Å². The maximum Gasteiger partial charge on any atom is 0.203 e. The van der Waals surface area contributed by atoms with Crippen LogP contribution in [-0.2, 0) is 0 Å². The minimum atomic E-state index is 0.650. The molecule has 1 fully saturated rings. The molecule has 6 nitrogen and oxygen atoms in total. The van der Waals surface area contributed by atoms with Crippen molar-refractivity contribution in [3.8, 4) is 0 Å². The molecule has 6 heteroatoms. The van der Waals surface area contributed by atoms with Crippen molar-refractivity contribution in [3.63, 3.8) is 0 Å². The minimum absolute atomic E-state index is 0.650. The van der Waals surface area contributed by atoms with Crippen molar-refractivity contribution < 1.29 is 0 Å². The van der Waals surface area contributed by atoms with E-state index in [4.69, 9.17) is 0 Å². The predicted molar refractivity (Wildman–Crippen MR) is 69.7 cm³/mol. The van der Waals surface area contributed by atoms with E-state index in [2.05, 4.69) is 25.8 Å². The number of aromatic nitrogens is 4. The van der Waals surface area contributed by atoms with E-state index in [9.17, 15) is 0 Å². The zero-order valence-corrected chi connectivity index (χ0v) is 10.6. The molecule has 2 N–H and O–H groups in total. The Labute approximate surface area is 106 Å². The van der Waals surface area contributed by atoms with E-state index in [0.29, 0.717) is 6.04 Å². The molecule has 0 unspecified atom stereocenters. The molecule has 2 aromatic heterocycles. The average molecular weight is 246 g/mol. The van der Waals surface area contributed by atoms with Gasteiger partial charge in [0.25, 0.3) is 0 Å². The van der Waals surface area contributed by atoms with Crippen LogP contribution in [0.3, 0.4) is 0 Å². The molecule has 0 spiro atoms. The van der Waals surface area contributed by atoms with Crippen molar-refractivity contribution in [2.24, 2.45) is 0 Å². The van der Waals surface area contributed by atoms with Crippen LogP contribution in [-0.4, -0.2) is 38.7 Å². The number of fused-ring (bicyclic) bond motifs is 1. The van der Waals surface area contributed by atoms with E-state index >= 15 is 0 Å². The molecular weight excluding hydrogens is 228 g/mol. The molecule has 96 valence electrons. The van der Waals surface area contributed by atoms with Gasteiger partial charge in [-0.2, -0.15) is 0 Å². The molecule has 1 aliphatic heterocycles. The van der Waals surface area contributed by atoms with Crippen molar-refractivity contribution in [3.05, 3.63) is 18.2 Å². The van der Waals surface area contributed by atoms with Crippen LogP contribution in [0.25, 0.3) is 5.65 Å². The number of anilines is 1. The standard InChI is InChI=1S/C12H18N6/c1-9-16-17-12-11(15-7-8-18(9)12)14-6-4-10-3-2-5-13-10/h7-8,10,13H,2-6H2,1H3,(H,14,15)/t10-/m0/s1. The molecule has 0 aliphatic carbocycles. The fourth-order valence-corrected chi connectivity index (χ4v) is 2.43. The molecular formula is C12H18N6. The van der Waals surface area contributed by atoms with Crippen LogP contribution in [0.15, 0.2) is 12.4 Å². The normalized spacial score (nSPS) is 19.5. The van der Waals surface area contributed by atoms with Gasteiger partial charge in [0.15, 0.2) is 5.82 Å². The Balaban J connectivity index is 1.66. The van der Waals surface area contributed by atoms with Gasteiger partial charge in [0.05, 0.1) is 0 Å². The second-order valence-corrected chi connectivity index (χ2v) is 4.73. The first-order valence-corrected chi connectivity index (χ1v) is 6.48. The Kier molecular flexibility index (Phi) is 3.10. The lowest BCUT2D eigenvalue weighted by Crippen LogP contribution is -2.24. The summed E-state index contributed by atoms with van der Waals surface area (Å²) in [6.45, 7) is 4.00. The van der Waals surface area contributed by atoms with Gasteiger partial charge in [-0.25, -0.2) is 4.98 Å².